The molecular formula is C24H29N3O4S. The second kappa shape index (κ2) is 8.67. The van der Waals surface area contributed by atoms with E-state index < -0.39 is 15.4 Å². The molecule has 170 valence electrons. The SMILES string of the molecule is CC1(C)C(=O)N(CC(=O)NCc2ccccc2)c2ccc(S(=O)(=O)N3CCCCC3)cc21. The third-order valence-electron chi connectivity index (χ3n) is 6.30. The predicted molar refractivity (Wildman–Crippen MR) is 123 cm³/mol. The van der Waals surface area contributed by atoms with Crippen molar-refractivity contribution < 1.29 is 18.0 Å². The van der Waals surface area contributed by atoms with Gasteiger partial charge in [-0.05, 0) is 56.0 Å². The fourth-order valence-electron chi connectivity index (χ4n) is 4.38. The molecule has 2 amide bonds. The lowest BCUT2D eigenvalue weighted by molar-refractivity contribution is -0.125. The molecule has 2 heterocycles. The molecule has 2 aliphatic rings. The summed E-state index contributed by atoms with van der Waals surface area (Å²) < 4.78 is 27.8. The third-order valence-corrected chi connectivity index (χ3v) is 8.19. The normalized spacial score (nSPS) is 18.4. The van der Waals surface area contributed by atoms with Crippen LogP contribution in [-0.4, -0.2) is 44.2 Å². The summed E-state index contributed by atoms with van der Waals surface area (Å²) in [5.41, 5.74) is 1.29. The van der Waals surface area contributed by atoms with E-state index in [0.717, 1.165) is 24.8 Å². The number of hydrogen-bond acceptors (Lipinski definition) is 4. The molecular weight excluding hydrogens is 426 g/mol. The lowest BCUT2D eigenvalue weighted by atomic mass is 9.86. The lowest BCUT2D eigenvalue weighted by Crippen LogP contribution is -2.42. The van der Waals surface area contributed by atoms with E-state index >= 15 is 0 Å². The first-order valence-corrected chi connectivity index (χ1v) is 12.4. The van der Waals surface area contributed by atoms with Crippen molar-refractivity contribution in [3.05, 3.63) is 59.7 Å². The fourth-order valence-corrected chi connectivity index (χ4v) is 5.92. The van der Waals surface area contributed by atoms with E-state index in [2.05, 4.69) is 5.32 Å². The zero-order chi connectivity index (χ0) is 22.9. The van der Waals surface area contributed by atoms with Gasteiger partial charge in [-0.15, -0.1) is 0 Å². The van der Waals surface area contributed by atoms with E-state index in [1.807, 2.05) is 30.3 Å². The van der Waals surface area contributed by atoms with Crippen LogP contribution in [0.3, 0.4) is 0 Å². The van der Waals surface area contributed by atoms with Crippen LogP contribution >= 0.6 is 0 Å². The molecule has 2 aromatic carbocycles. The van der Waals surface area contributed by atoms with Crippen LogP contribution in [0.2, 0.25) is 0 Å². The molecule has 1 fully saturated rings. The molecule has 0 aromatic heterocycles. The number of anilines is 1. The maximum absolute atomic E-state index is 13.1. The van der Waals surface area contributed by atoms with Crippen LogP contribution < -0.4 is 10.2 Å². The van der Waals surface area contributed by atoms with Gasteiger partial charge in [-0.3, -0.25) is 9.59 Å². The largest absolute Gasteiger partial charge is 0.350 e. The van der Waals surface area contributed by atoms with Gasteiger partial charge in [-0.1, -0.05) is 36.8 Å². The van der Waals surface area contributed by atoms with E-state index in [1.54, 1.807) is 32.0 Å². The van der Waals surface area contributed by atoms with Gasteiger partial charge in [0.25, 0.3) is 0 Å². The molecule has 2 aliphatic heterocycles. The first-order chi connectivity index (χ1) is 15.2. The number of carbonyl (C=O) groups is 2. The van der Waals surface area contributed by atoms with E-state index in [1.165, 1.54) is 9.21 Å². The van der Waals surface area contributed by atoms with Crippen LogP contribution in [0.4, 0.5) is 5.69 Å². The van der Waals surface area contributed by atoms with E-state index in [4.69, 9.17) is 0 Å². The van der Waals surface area contributed by atoms with Crippen LogP contribution in [0.25, 0.3) is 0 Å². The second-order valence-corrected chi connectivity index (χ2v) is 10.9. The first kappa shape index (κ1) is 22.5. The van der Waals surface area contributed by atoms with Crippen molar-refractivity contribution >= 4 is 27.5 Å². The fraction of sp³-hybridized carbons (Fsp3) is 0.417. The Labute approximate surface area is 189 Å². The number of carbonyl (C=O) groups excluding carboxylic acids is 2. The molecule has 1 saturated heterocycles. The molecule has 0 atom stereocenters. The highest BCUT2D eigenvalue weighted by Crippen LogP contribution is 2.42. The van der Waals surface area contributed by atoms with Crippen molar-refractivity contribution in [3.8, 4) is 0 Å². The van der Waals surface area contributed by atoms with Gasteiger partial charge in [0.15, 0.2) is 0 Å². The zero-order valence-corrected chi connectivity index (χ0v) is 19.3. The molecule has 8 heteroatoms. The Morgan fingerprint density at radius 3 is 2.41 bits per heavy atom. The predicted octanol–water partition coefficient (Wildman–Crippen LogP) is 2.80. The Morgan fingerprint density at radius 1 is 1.03 bits per heavy atom. The van der Waals surface area contributed by atoms with E-state index in [-0.39, 0.29) is 23.3 Å². The smallest absolute Gasteiger partial charge is 0.243 e. The highest BCUT2D eigenvalue weighted by atomic mass is 32.2. The number of rotatable bonds is 6. The molecule has 4 rings (SSSR count). The summed E-state index contributed by atoms with van der Waals surface area (Å²) >= 11 is 0. The van der Waals surface area contributed by atoms with E-state index in [0.29, 0.717) is 30.9 Å². The summed E-state index contributed by atoms with van der Waals surface area (Å²) in [4.78, 5) is 27.4. The number of piperidine rings is 1. The molecule has 0 unspecified atom stereocenters. The highest BCUT2D eigenvalue weighted by molar-refractivity contribution is 7.89. The van der Waals surface area contributed by atoms with Crippen LogP contribution in [0.1, 0.15) is 44.2 Å². The Kier molecular flexibility index (Phi) is 6.09. The quantitative estimate of drug-likeness (QED) is 0.726. The number of amides is 2. The average Bonchev–Trinajstić information content (AvgIpc) is 2.99. The summed E-state index contributed by atoms with van der Waals surface area (Å²) in [5, 5.41) is 2.85. The second-order valence-electron chi connectivity index (χ2n) is 8.92. The minimum Gasteiger partial charge on any atom is -0.350 e. The van der Waals surface area contributed by atoms with Crippen molar-refractivity contribution in [2.45, 2.75) is 50.0 Å². The zero-order valence-electron chi connectivity index (χ0n) is 18.5. The van der Waals surface area contributed by atoms with Crippen molar-refractivity contribution in [1.82, 2.24) is 9.62 Å². The van der Waals surface area contributed by atoms with Crippen molar-refractivity contribution in [1.29, 1.82) is 0 Å². The van der Waals surface area contributed by atoms with Gasteiger partial charge in [0.2, 0.25) is 21.8 Å². The summed E-state index contributed by atoms with van der Waals surface area (Å²) in [6, 6.07) is 14.4. The number of benzene rings is 2. The molecule has 32 heavy (non-hydrogen) atoms. The van der Waals surface area contributed by atoms with Gasteiger partial charge in [-0.25, -0.2) is 8.42 Å². The van der Waals surface area contributed by atoms with Crippen LogP contribution in [0.15, 0.2) is 53.4 Å². The van der Waals surface area contributed by atoms with Gasteiger partial charge in [0.1, 0.15) is 6.54 Å². The van der Waals surface area contributed by atoms with Gasteiger partial charge < -0.3 is 10.2 Å². The van der Waals surface area contributed by atoms with Gasteiger partial charge in [0.05, 0.1) is 10.3 Å². The van der Waals surface area contributed by atoms with Gasteiger partial charge in [0, 0.05) is 25.3 Å². The summed E-state index contributed by atoms with van der Waals surface area (Å²) in [5.74, 6) is -0.481. The maximum Gasteiger partial charge on any atom is 0.243 e. The van der Waals surface area contributed by atoms with Gasteiger partial charge >= 0.3 is 0 Å². The molecule has 1 N–H and O–H groups in total. The van der Waals surface area contributed by atoms with Crippen LogP contribution in [-0.2, 0) is 31.6 Å². The monoisotopic (exact) mass is 455 g/mol. The van der Waals surface area contributed by atoms with E-state index in [9.17, 15) is 18.0 Å². The topological polar surface area (TPSA) is 86.8 Å². The van der Waals surface area contributed by atoms with Crippen LogP contribution in [0.5, 0.6) is 0 Å². The Hall–Kier alpha value is -2.71. The van der Waals surface area contributed by atoms with Crippen molar-refractivity contribution in [2.24, 2.45) is 0 Å². The number of nitrogens with one attached hydrogen (secondary N) is 1. The number of sulfonamides is 1. The van der Waals surface area contributed by atoms with Gasteiger partial charge in [-0.2, -0.15) is 4.31 Å². The Balaban J connectivity index is 1.55. The lowest BCUT2D eigenvalue weighted by Gasteiger charge is -2.26. The molecule has 7 nitrogen and oxygen atoms in total. The molecule has 0 bridgehead atoms. The minimum atomic E-state index is -3.61. The Bertz CT molecular complexity index is 1120. The summed E-state index contributed by atoms with van der Waals surface area (Å²) in [6.45, 7) is 4.86. The minimum absolute atomic E-state index is 0.111. The average molecular weight is 456 g/mol. The first-order valence-electron chi connectivity index (χ1n) is 11.0. The number of nitrogens with zero attached hydrogens (tertiary/aromatic N) is 2. The molecule has 0 spiro atoms. The number of fused-ring (bicyclic) bond motifs is 1. The third kappa shape index (κ3) is 4.17. The Morgan fingerprint density at radius 2 is 1.72 bits per heavy atom. The summed E-state index contributed by atoms with van der Waals surface area (Å²) in [6.07, 6.45) is 2.76. The van der Waals surface area contributed by atoms with Crippen molar-refractivity contribution in [2.75, 3.05) is 24.5 Å². The van der Waals surface area contributed by atoms with Crippen molar-refractivity contribution in [3.63, 3.8) is 0 Å². The molecule has 2 aromatic rings. The standard InChI is InChI=1S/C24H29N3O4S/c1-24(2)20-15-19(32(30,31)26-13-7-4-8-14-26)11-12-21(20)27(23(24)29)17-22(28)25-16-18-9-5-3-6-10-18/h3,5-6,9-12,15H,4,7-8,13-14,16-17H2,1-2H3,(H,25,28). The van der Waals surface area contributed by atoms with Crippen LogP contribution in [0, 0.1) is 0 Å². The maximum atomic E-state index is 13.1. The number of hydrogen-bond donors (Lipinski definition) is 1. The molecule has 0 saturated carbocycles. The molecule has 0 aliphatic carbocycles. The molecule has 0 radical (unpaired) electrons. The summed E-state index contributed by atoms with van der Waals surface area (Å²) in [7, 11) is -3.61. The highest BCUT2D eigenvalue weighted by Gasteiger charge is 2.45.